The summed E-state index contributed by atoms with van der Waals surface area (Å²) in [6.07, 6.45) is 3.87. The lowest BCUT2D eigenvalue weighted by Gasteiger charge is -2.42. The first-order chi connectivity index (χ1) is 13.9. The highest BCUT2D eigenvalue weighted by Gasteiger charge is 2.45. The SMILES string of the molecule is CCCN(CCC)C(=O)C(CCCN(C)C)(c1cccc2ccccc12)C(C)C. The van der Waals surface area contributed by atoms with Crippen LogP contribution in [0.15, 0.2) is 42.5 Å². The highest BCUT2D eigenvalue weighted by Crippen LogP contribution is 2.42. The number of carbonyl (C=O) groups excluding carboxylic acids is 1. The largest absolute Gasteiger partial charge is 0.342 e. The third kappa shape index (κ3) is 5.19. The molecular weight excluding hydrogens is 356 g/mol. The molecule has 0 radical (unpaired) electrons. The maximum Gasteiger partial charge on any atom is 0.233 e. The molecule has 3 heteroatoms. The fourth-order valence-electron chi connectivity index (χ4n) is 4.63. The van der Waals surface area contributed by atoms with E-state index in [2.05, 4.69) is 94.1 Å². The van der Waals surface area contributed by atoms with Gasteiger partial charge in [-0.05, 0) is 68.6 Å². The van der Waals surface area contributed by atoms with E-state index in [1.807, 2.05) is 0 Å². The molecule has 0 aliphatic rings. The predicted molar refractivity (Wildman–Crippen MR) is 125 cm³/mol. The third-order valence-corrected chi connectivity index (χ3v) is 6.09. The van der Waals surface area contributed by atoms with Crippen molar-refractivity contribution in [2.45, 2.75) is 58.8 Å². The molecule has 1 unspecified atom stereocenters. The first kappa shape index (κ1) is 23.4. The minimum atomic E-state index is -0.499. The van der Waals surface area contributed by atoms with Gasteiger partial charge in [0, 0.05) is 13.1 Å². The van der Waals surface area contributed by atoms with Crippen LogP contribution in [0.2, 0.25) is 0 Å². The molecule has 0 aliphatic heterocycles. The summed E-state index contributed by atoms with van der Waals surface area (Å²) in [7, 11) is 4.22. The van der Waals surface area contributed by atoms with Crippen LogP contribution in [0.5, 0.6) is 0 Å². The van der Waals surface area contributed by atoms with Crippen molar-refractivity contribution in [3.05, 3.63) is 48.0 Å². The van der Waals surface area contributed by atoms with Crippen molar-refractivity contribution in [2.24, 2.45) is 5.92 Å². The van der Waals surface area contributed by atoms with E-state index < -0.39 is 5.41 Å². The van der Waals surface area contributed by atoms with Crippen molar-refractivity contribution < 1.29 is 4.79 Å². The molecule has 0 fully saturated rings. The molecule has 2 aromatic carbocycles. The lowest BCUT2D eigenvalue weighted by molar-refractivity contribution is -0.140. The van der Waals surface area contributed by atoms with Gasteiger partial charge in [-0.2, -0.15) is 0 Å². The first-order valence-corrected chi connectivity index (χ1v) is 11.3. The Morgan fingerprint density at radius 1 is 0.931 bits per heavy atom. The van der Waals surface area contributed by atoms with Crippen LogP contribution >= 0.6 is 0 Å². The van der Waals surface area contributed by atoms with E-state index in [9.17, 15) is 4.79 Å². The summed E-state index contributed by atoms with van der Waals surface area (Å²) in [5, 5.41) is 2.43. The van der Waals surface area contributed by atoms with Crippen LogP contribution in [0.3, 0.4) is 0 Å². The van der Waals surface area contributed by atoms with Gasteiger partial charge in [0.25, 0.3) is 0 Å². The summed E-state index contributed by atoms with van der Waals surface area (Å²) in [5.41, 5.74) is 0.702. The molecule has 0 aliphatic carbocycles. The first-order valence-electron chi connectivity index (χ1n) is 11.3. The van der Waals surface area contributed by atoms with Crippen molar-refractivity contribution in [1.29, 1.82) is 0 Å². The van der Waals surface area contributed by atoms with Crippen molar-refractivity contribution in [1.82, 2.24) is 9.80 Å². The number of benzene rings is 2. The van der Waals surface area contributed by atoms with Crippen LogP contribution < -0.4 is 0 Å². The number of fused-ring (bicyclic) bond motifs is 1. The topological polar surface area (TPSA) is 23.6 Å². The van der Waals surface area contributed by atoms with Crippen molar-refractivity contribution in [2.75, 3.05) is 33.7 Å². The molecule has 29 heavy (non-hydrogen) atoms. The van der Waals surface area contributed by atoms with E-state index >= 15 is 0 Å². The lowest BCUT2D eigenvalue weighted by atomic mass is 9.66. The van der Waals surface area contributed by atoms with Crippen LogP contribution in [0.1, 0.15) is 58.9 Å². The van der Waals surface area contributed by atoms with E-state index in [-0.39, 0.29) is 5.92 Å². The van der Waals surface area contributed by atoms with E-state index in [1.54, 1.807) is 0 Å². The molecule has 0 N–H and O–H groups in total. The molecule has 0 spiro atoms. The van der Waals surface area contributed by atoms with Crippen LogP contribution in [-0.4, -0.2) is 49.4 Å². The molecule has 0 saturated heterocycles. The van der Waals surface area contributed by atoms with E-state index in [0.29, 0.717) is 5.91 Å². The second-order valence-electron chi connectivity index (χ2n) is 8.85. The zero-order chi connectivity index (χ0) is 21.4. The summed E-state index contributed by atoms with van der Waals surface area (Å²) < 4.78 is 0. The lowest BCUT2D eigenvalue weighted by Crippen LogP contribution is -2.51. The van der Waals surface area contributed by atoms with Gasteiger partial charge in [0.2, 0.25) is 5.91 Å². The second-order valence-corrected chi connectivity index (χ2v) is 8.85. The predicted octanol–water partition coefficient (Wildman–Crippen LogP) is 5.72. The normalized spacial score (nSPS) is 13.8. The Morgan fingerprint density at radius 3 is 2.14 bits per heavy atom. The molecule has 1 atom stereocenters. The van der Waals surface area contributed by atoms with Crippen LogP contribution in [-0.2, 0) is 10.2 Å². The average Bonchev–Trinajstić information content (AvgIpc) is 2.70. The van der Waals surface area contributed by atoms with Gasteiger partial charge < -0.3 is 9.80 Å². The molecule has 2 aromatic rings. The zero-order valence-electron chi connectivity index (χ0n) is 19.4. The van der Waals surface area contributed by atoms with Gasteiger partial charge >= 0.3 is 0 Å². The summed E-state index contributed by atoms with van der Waals surface area (Å²) in [6.45, 7) is 11.4. The number of hydrogen-bond donors (Lipinski definition) is 0. The number of carbonyl (C=O) groups is 1. The fraction of sp³-hybridized carbons (Fsp3) is 0.577. The molecule has 0 aromatic heterocycles. The maximum absolute atomic E-state index is 14.2. The van der Waals surface area contributed by atoms with Crippen molar-refractivity contribution in [3.63, 3.8) is 0 Å². The highest BCUT2D eigenvalue weighted by atomic mass is 16.2. The molecular formula is C26H40N2O. The highest BCUT2D eigenvalue weighted by molar-refractivity contribution is 5.96. The van der Waals surface area contributed by atoms with E-state index in [1.165, 1.54) is 16.3 Å². The van der Waals surface area contributed by atoms with Crippen LogP contribution in [0, 0.1) is 5.92 Å². The Morgan fingerprint density at radius 2 is 1.55 bits per heavy atom. The minimum Gasteiger partial charge on any atom is -0.342 e. The fourth-order valence-corrected chi connectivity index (χ4v) is 4.63. The third-order valence-electron chi connectivity index (χ3n) is 6.09. The van der Waals surface area contributed by atoms with Gasteiger partial charge in [0.05, 0.1) is 5.41 Å². The Balaban J connectivity index is 2.66. The smallest absolute Gasteiger partial charge is 0.233 e. The van der Waals surface area contributed by atoms with Gasteiger partial charge in [-0.1, -0.05) is 70.2 Å². The summed E-state index contributed by atoms with van der Waals surface area (Å²) in [5.74, 6) is 0.533. The van der Waals surface area contributed by atoms with Gasteiger partial charge in [-0.3, -0.25) is 4.79 Å². The van der Waals surface area contributed by atoms with E-state index in [4.69, 9.17) is 0 Å². The number of hydrogen-bond acceptors (Lipinski definition) is 2. The summed E-state index contributed by atoms with van der Waals surface area (Å²) in [6, 6.07) is 15.0. The van der Waals surface area contributed by atoms with Gasteiger partial charge in [-0.25, -0.2) is 0 Å². The van der Waals surface area contributed by atoms with Crippen molar-refractivity contribution >= 4 is 16.7 Å². The molecule has 0 heterocycles. The van der Waals surface area contributed by atoms with Crippen molar-refractivity contribution in [3.8, 4) is 0 Å². The van der Waals surface area contributed by atoms with Gasteiger partial charge in [-0.15, -0.1) is 0 Å². The Bertz CT molecular complexity index is 772. The number of rotatable bonds is 11. The second kappa shape index (κ2) is 10.8. The standard InChI is InChI=1S/C26H40N2O/c1-7-18-28(19-8-2)25(29)26(21(3)4,17-12-20-27(5)6)24-16-11-14-22-13-9-10-15-23(22)24/h9-11,13-16,21H,7-8,12,17-20H2,1-6H3. The van der Waals surface area contributed by atoms with Crippen LogP contribution in [0.25, 0.3) is 10.8 Å². The molecule has 1 amide bonds. The monoisotopic (exact) mass is 396 g/mol. The van der Waals surface area contributed by atoms with Crippen LogP contribution in [0.4, 0.5) is 0 Å². The number of nitrogens with zero attached hydrogens (tertiary/aromatic N) is 2. The zero-order valence-corrected chi connectivity index (χ0v) is 19.4. The summed E-state index contributed by atoms with van der Waals surface area (Å²) in [4.78, 5) is 18.6. The van der Waals surface area contributed by atoms with Gasteiger partial charge in [0.1, 0.15) is 0 Å². The molecule has 160 valence electrons. The quantitative estimate of drug-likeness (QED) is 0.485. The molecule has 2 rings (SSSR count). The Kier molecular flexibility index (Phi) is 8.70. The molecule has 0 saturated carbocycles. The van der Waals surface area contributed by atoms with Gasteiger partial charge in [0.15, 0.2) is 0 Å². The number of amides is 1. The molecule has 3 nitrogen and oxygen atoms in total. The average molecular weight is 397 g/mol. The Hall–Kier alpha value is -1.87. The maximum atomic E-state index is 14.2. The van der Waals surface area contributed by atoms with E-state index in [0.717, 1.165) is 45.3 Å². The Labute approximate surface area is 178 Å². The minimum absolute atomic E-state index is 0.221. The summed E-state index contributed by atoms with van der Waals surface area (Å²) >= 11 is 0. The molecule has 0 bridgehead atoms.